The first-order chi connectivity index (χ1) is 10.9. The summed E-state index contributed by atoms with van der Waals surface area (Å²) in [5.74, 6) is 1.46. The van der Waals surface area contributed by atoms with Crippen molar-refractivity contribution >= 4 is 0 Å². The Labute approximate surface area is 133 Å². The summed E-state index contributed by atoms with van der Waals surface area (Å²) in [6.07, 6.45) is 1.76. The van der Waals surface area contributed by atoms with Gasteiger partial charge in [0.05, 0.1) is 5.56 Å². The van der Waals surface area contributed by atoms with Gasteiger partial charge in [-0.25, -0.2) is 4.98 Å². The largest absolute Gasteiger partial charge is 0.416 e. The Morgan fingerprint density at radius 2 is 2.04 bits per heavy atom. The van der Waals surface area contributed by atoms with E-state index in [9.17, 15) is 13.2 Å². The zero-order chi connectivity index (χ0) is 16.4. The Balaban J connectivity index is 1.61. The molecule has 0 aliphatic carbocycles. The van der Waals surface area contributed by atoms with Gasteiger partial charge < -0.3 is 9.88 Å². The Hall–Kier alpha value is -1.82. The van der Waals surface area contributed by atoms with Crippen LogP contribution in [0.1, 0.15) is 48.7 Å². The lowest BCUT2D eigenvalue weighted by atomic mass is 9.98. The number of aryl methyl sites for hydroxylation is 1. The summed E-state index contributed by atoms with van der Waals surface area (Å²) < 4.78 is 40.0. The molecule has 0 bridgehead atoms. The summed E-state index contributed by atoms with van der Waals surface area (Å²) in [6, 6.07) is 5.37. The number of fused-ring (bicyclic) bond motifs is 1. The Bertz CT molecular complexity index is 646. The highest BCUT2D eigenvalue weighted by molar-refractivity contribution is 5.26. The quantitative estimate of drug-likeness (QED) is 0.917. The van der Waals surface area contributed by atoms with Gasteiger partial charge in [0, 0.05) is 37.4 Å². The maximum Gasteiger partial charge on any atom is 0.416 e. The molecule has 1 N–H and O–H groups in total. The normalized spacial score (nSPS) is 19.4. The third-order valence-corrected chi connectivity index (χ3v) is 4.47. The molecule has 1 aliphatic rings. The molecule has 0 amide bonds. The summed E-state index contributed by atoms with van der Waals surface area (Å²) in [5, 5.41) is 3.42. The van der Waals surface area contributed by atoms with E-state index in [-0.39, 0.29) is 6.04 Å². The molecule has 2 heterocycles. The molecule has 124 valence electrons. The van der Waals surface area contributed by atoms with E-state index in [1.807, 2.05) is 19.3 Å². The van der Waals surface area contributed by atoms with Crippen molar-refractivity contribution < 1.29 is 13.2 Å². The van der Waals surface area contributed by atoms with Gasteiger partial charge in [-0.2, -0.15) is 13.2 Å². The highest BCUT2D eigenvalue weighted by atomic mass is 19.4. The molecule has 0 saturated heterocycles. The smallest absolute Gasteiger partial charge is 0.335 e. The van der Waals surface area contributed by atoms with Crippen LogP contribution in [0.5, 0.6) is 0 Å². The summed E-state index contributed by atoms with van der Waals surface area (Å²) in [7, 11) is 0. The van der Waals surface area contributed by atoms with Crippen LogP contribution < -0.4 is 5.32 Å². The van der Waals surface area contributed by atoms with Crippen molar-refractivity contribution in [2.75, 3.05) is 6.54 Å². The first-order valence-corrected chi connectivity index (χ1v) is 7.86. The molecule has 3 rings (SSSR count). The number of nitrogens with zero attached hydrogens (tertiary/aromatic N) is 2. The van der Waals surface area contributed by atoms with Crippen LogP contribution in [0.3, 0.4) is 0 Å². The van der Waals surface area contributed by atoms with Crippen LogP contribution in [-0.2, 0) is 12.7 Å². The second-order valence-electron chi connectivity index (χ2n) is 6.07. The van der Waals surface area contributed by atoms with Crippen LogP contribution in [0.15, 0.2) is 36.7 Å². The highest BCUT2D eigenvalue weighted by Gasteiger charge is 2.30. The SMILES string of the molecule is C[C@H](NC[C@@H]1CCCn2ccnc21)c1ccc(C(F)(F)F)cc1. The van der Waals surface area contributed by atoms with Crippen molar-refractivity contribution in [1.82, 2.24) is 14.9 Å². The average molecular weight is 323 g/mol. The summed E-state index contributed by atoms with van der Waals surface area (Å²) in [6.45, 7) is 3.76. The first kappa shape index (κ1) is 16.1. The number of rotatable bonds is 4. The number of alkyl halides is 3. The molecule has 0 fully saturated rings. The predicted octanol–water partition coefficient (Wildman–Crippen LogP) is 4.13. The van der Waals surface area contributed by atoms with Gasteiger partial charge in [0.25, 0.3) is 0 Å². The molecule has 2 aromatic rings. The molecule has 23 heavy (non-hydrogen) atoms. The van der Waals surface area contributed by atoms with Gasteiger partial charge in [0.1, 0.15) is 5.82 Å². The van der Waals surface area contributed by atoms with Crippen LogP contribution in [0, 0.1) is 0 Å². The van der Waals surface area contributed by atoms with Gasteiger partial charge in [-0.05, 0) is 37.5 Å². The van der Waals surface area contributed by atoms with E-state index in [0.717, 1.165) is 49.5 Å². The molecule has 1 aromatic heterocycles. The third kappa shape index (κ3) is 3.58. The molecule has 2 atom stereocenters. The van der Waals surface area contributed by atoms with Crippen molar-refractivity contribution in [2.45, 2.75) is 44.4 Å². The van der Waals surface area contributed by atoms with Gasteiger partial charge in [-0.1, -0.05) is 12.1 Å². The fourth-order valence-electron chi connectivity index (χ4n) is 3.10. The van der Waals surface area contributed by atoms with Gasteiger partial charge >= 0.3 is 6.18 Å². The van der Waals surface area contributed by atoms with Crippen LogP contribution >= 0.6 is 0 Å². The van der Waals surface area contributed by atoms with Crippen LogP contribution in [0.4, 0.5) is 13.2 Å². The Morgan fingerprint density at radius 1 is 1.30 bits per heavy atom. The zero-order valence-electron chi connectivity index (χ0n) is 13.0. The van der Waals surface area contributed by atoms with Crippen molar-refractivity contribution in [3.05, 3.63) is 53.6 Å². The maximum absolute atomic E-state index is 12.6. The van der Waals surface area contributed by atoms with Crippen molar-refractivity contribution in [3.63, 3.8) is 0 Å². The van der Waals surface area contributed by atoms with Gasteiger partial charge in [0.15, 0.2) is 0 Å². The lowest BCUT2D eigenvalue weighted by Gasteiger charge is -2.25. The topological polar surface area (TPSA) is 29.9 Å². The van der Waals surface area contributed by atoms with Crippen molar-refractivity contribution in [1.29, 1.82) is 0 Å². The number of benzene rings is 1. The van der Waals surface area contributed by atoms with Crippen molar-refractivity contribution in [2.24, 2.45) is 0 Å². The number of hydrogen-bond donors (Lipinski definition) is 1. The van der Waals surface area contributed by atoms with E-state index in [1.54, 1.807) is 12.1 Å². The molecule has 3 nitrogen and oxygen atoms in total. The molecule has 0 unspecified atom stereocenters. The Kier molecular flexibility index (Phi) is 4.43. The lowest BCUT2D eigenvalue weighted by Crippen LogP contribution is -2.28. The first-order valence-electron chi connectivity index (χ1n) is 7.86. The minimum atomic E-state index is -4.28. The summed E-state index contributed by atoms with van der Waals surface area (Å²) in [5.41, 5.74) is 0.250. The number of hydrogen-bond acceptors (Lipinski definition) is 2. The van der Waals surface area contributed by atoms with Gasteiger partial charge in [0.2, 0.25) is 0 Å². The highest BCUT2D eigenvalue weighted by Crippen LogP contribution is 2.30. The second-order valence-corrected chi connectivity index (χ2v) is 6.07. The summed E-state index contributed by atoms with van der Waals surface area (Å²) in [4.78, 5) is 4.43. The average Bonchev–Trinajstić information content (AvgIpc) is 3.01. The number of aromatic nitrogens is 2. The standard InChI is InChI=1S/C17H20F3N3/c1-12(13-4-6-15(7-5-13)17(18,19)20)22-11-14-3-2-9-23-10-8-21-16(14)23/h4-8,10,12,14,22H,2-3,9,11H2,1H3/t12-,14-/m0/s1. The van der Waals surface area contributed by atoms with Gasteiger partial charge in [-0.3, -0.25) is 0 Å². The van der Waals surface area contributed by atoms with E-state index in [2.05, 4.69) is 14.9 Å². The fraction of sp³-hybridized carbons (Fsp3) is 0.471. The molecular weight excluding hydrogens is 303 g/mol. The number of nitrogens with one attached hydrogen (secondary N) is 1. The van der Waals surface area contributed by atoms with E-state index in [0.29, 0.717) is 5.92 Å². The molecule has 1 aliphatic heterocycles. The second kappa shape index (κ2) is 6.35. The molecular formula is C17H20F3N3. The zero-order valence-corrected chi connectivity index (χ0v) is 13.0. The monoisotopic (exact) mass is 323 g/mol. The van der Waals surface area contributed by atoms with Crippen molar-refractivity contribution in [3.8, 4) is 0 Å². The van der Waals surface area contributed by atoms with E-state index < -0.39 is 11.7 Å². The molecule has 6 heteroatoms. The molecule has 0 spiro atoms. The lowest BCUT2D eigenvalue weighted by molar-refractivity contribution is -0.137. The molecule has 1 aromatic carbocycles. The third-order valence-electron chi connectivity index (χ3n) is 4.47. The maximum atomic E-state index is 12.6. The number of imidazole rings is 1. The minimum absolute atomic E-state index is 0.00243. The minimum Gasteiger partial charge on any atom is -0.335 e. The number of halogens is 3. The van der Waals surface area contributed by atoms with Gasteiger partial charge in [-0.15, -0.1) is 0 Å². The van der Waals surface area contributed by atoms with E-state index in [4.69, 9.17) is 0 Å². The van der Waals surface area contributed by atoms with Crippen LogP contribution in [0.25, 0.3) is 0 Å². The molecule has 0 saturated carbocycles. The fourth-order valence-corrected chi connectivity index (χ4v) is 3.10. The van der Waals surface area contributed by atoms with Crippen LogP contribution in [-0.4, -0.2) is 16.1 Å². The van der Waals surface area contributed by atoms with E-state index in [1.165, 1.54) is 0 Å². The predicted molar refractivity (Wildman–Crippen MR) is 82.1 cm³/mol. The Morgan fingerprint density at radius 3 is 2.74 bits per heavy atom. The summed E-state index contributed by atoms with van der Waals surface area (Å²) >= 11 is 0. The van der Waals surface area contributed by atoms with Crippen LogP contribution in [0.2, 0.25) is 0 Å². The van der Waals surface area contributed by atoms with E-state index >= 15 is 0 Å². The molecule has 0 radical (unpaired) electrons.